The van der Waals surface area contributed by atoms with Crippen molar-refractivity contribution in [2.45, 2.75) is 20.5 Å². The molecule has 0 saturated carbocycles. The summed E-state index contributed by atoms with van der Waals surface area (Å²) in [5, 5.41) is 19.1. The number of amides is 1. The topological polar surface area (TPSA) is 156 Å². The highest BCUT2D eigenvalue weighted by molar-refractivity contribution is 6.31. The van der Waals surface area contributed by atoms with Gasteiger partial charge in [-0.05, 0) is 60.1 Å². The van der Waals surface area contributed by atoms with Crippen LogP contribution in [0.3, 0.4) is 0 Å². The number of nitrogens with one attached hydrogen (secondary N) is 1. The lowest BCUT2D eigenvalue weighted by molar-refractivity contribution is 0.0946. The predicted molar refractivity (Wildman–Crippen MR) is 127 cm³/mol. The first-order valence-corrected chi connectivity index (χ1v) is 10.9. The Bertz CT molecular complexity index is 1400. The second-order valence-corrected chi connectivity index (χ2v) is 7.64. The van der Waals surface area contributed by atoms with Crippen molar-refractivity contribution >= 4 is 29.5 Å². The maximum Gasteiger partial charge on any atom is 0.292 e. The van der Waals surface area contributed by atoms with E-state index in [0.717, 1.165) is 4.68 Å². The normalized spacial score (nSPS) is 11.1. The highest BCUT2D eigenvalue weighted by Gasteiger charge is 2.22. The first kappa shape index (κ1) is 24.6. The van der Waals surface area contributed by atoms with Crippen LogP contribution < -0.4 is 20.6 Å². The van der Waals surface area contributed by atoms with Crippen LogP contribution in [0, 0.1) is 12.7 Å². The van der Waals surface area contributed by atoms with Crippen LogP contribution in [-0.2, 0) is 6.61 Å². The summed E-state index contributed by atoms with van der Waals surface area (Å²) in [6, 6.07) is 9.41. The Kier molecular flexibility index (Phi) is 7.39. The van der Waals surface area contributed by atoms with E-state index in [1.807, 2.05) is 6.92 Å². The van der Waals surface area contributed by atoms with Gasteiger partial charge in [-0.15, -0.1) is 5.10 Å². The Labute approximate surface area is 208 Å². The van der Waals surface area contributed by atoms with Crippen molar-refractivity contribution in [1.29, 1.82) is 0 Å². The highest BCUT2D eigenvalue weighted by Crippen LogP contribution is 2.30. The van der Waals surface area contributed by atoms with Gasteiger partial charge in [-0.1, -0.05) is 22.9 Å². The number of carbonyl (C=O) groups excluding carboxylic acids is 1. The van der Waals surface area contributed by atoms with Crippen LogP contribution in [0.15, 0.2) is 46.1 Å². The lowest BCUT2D eigenvalue weighted by Gasteiger charge is -2.13. The second-order valence-electron chi connectivity index (χ2n) is 7.24. The minimum absolute atomic E-state index is 0.0262. The molecule has 0 spiro atoms. The van der Waals surface area contributed by atoms with Gasteiger partial charge in [0.2, 0.25) is 11.6 Å². The van der Waals surface area contributed by atoms with Crippen molar-refractivity contribution in [3.63, 3.8) is 0 Å². The maximum absolute atomic E-state index is 14.0. The molecule has 0 unspecified atom stereocenters. The molecule has 2 aromatic heterocycles. The zero-order chi connectivity index (χ0) is 25.7. The number of nitrogen functional groups attached to an aromatic ring is 1. The molecular weight excluding hydrogens is 495 g/mol. The van der Waals surface area contributed by atoms with Gasteiger partial charge in [-0.2, -0.15) is 9.78 Å². The number of benzene rings is 2. The summed E-state index contributed by atoms with van der Waals surface area (Å²) < 4.78 is 31.1. The number of aromatic nitrogens is 5. The van der Waals surface area contributed by atoms with Crippen LogP contribution in [-0.4, -0.2) is 44.0 Å². The van der Waals surface area contributed by atoms with E-state index < -0.39 is 11.7 Å². The first-order chi connectivity index (χ1) is 17.4. The number of nitrogens with two attached hydrogens (primary N) is 1. The van der Waals surface area contributed by atoms with E-state index in [1.54, 1.807) is 31.2 Å². The Morgan fingerprint density at radius 3 is 2.83 bits per heavy atom. The zero-order valence-electron chi connectivity index (χ0n) is 19.1. The lowest BCUT2D eigenvalue weighted by Crippen LogP contribution is -2.22. The van der Waals surface area contributed by atoms with Gasteiger partial charge in [0.25, 0.3) is 5.91 Å². The monoisotopic (exact) mass is 514 g/mol. The van der Waals surface area contributed by atoms with E-state index in [2.05, 4.69) is 35.8 Å². The third-order valence-corrected chi connectivity index (χ3v) is 5.19. The molecule has 0 aliphatic carbocycles. The highest BCUT2D eigenvalue weighted by atomic mass is 35.5. The van der Waals surface area contributed by atoms with Gasteiger partial charge in [-0.25, -0.2) is 14.4 Å². The van der Waals surface area contributed by atoms with Gasteiger partial charge < -0.3 is 15.2 Å². The number of aryl methyl sites for hydroxylation is 1. The van der Waals surface area contributed by atoms with Crippen LogP contribution in [0.4, 0.5) is 10.2 Å². The molecule has 0 atom stereocenters. The molecule has 2 heterocycles. The average Bonchev–Trinajstić information content (AvgIpc) is 3.44. The zero-order valence-corrected chi connectivity index (χ0v) is 19.9. The molecule has 3 N–H and O–H groups in total. The minimum atomic E-state index is -0.608. The van der Waals surface area contributed by atoms with Crippen LogP contribution in [0.1, 0.15) is 34.2 Å². The molecule has 186 valence electrons. The summed E-state index contributed by atoms with van der Waals surface area (Å²) in [4.78, 5) is 12.7. The van der Waals surface area contributed by atoms with Crippen molar-refractivity contribution in [3.8, 4) is 17.3 Å². The summed E-state index contributed by atoms with van der Waals surface area (Å²) in [5.41, 5.74) is 9.30. The fraction of sp³-hybridized carbons (Fsp3) is 0.182. The van der Waals surface area contributed by atoms with Crippen molar-refractivity contribution in [2.75, 3.05) is 12.3 Å². The number of nitrogens with zero attached hydrogens (tertiary/aromatic N) is 6. The molecule has 0 aliphatic rings. The average molecular weight is 515 g/mol. The number of hydrazone groups is 1. The Hall–Kier alpha value is -4.52. The summed E-state index contributed by atoms with van der Waals surface area (Å²) in [6.07, 6.45) is 1.41. The molecule has 0 radical (unpaired) electrons. The van der Waals surface area contributed by atoms with Crippen LogP contribution in [0.5, 0.6) is 11.5 Å². The Morgan fingerprint density at radius 2 is 2.11 bits per heavy atom. The molecule has 14 heteroatoms. The van der Waals surface area contributed by atoms with Gasteiger partial charge in [-0.3, -0.25) is 4.79 Å². The van der Waals surface area contributed by atoms with Crippen LogP contribution in [0.2, 0.25) is 5.02 Å². The van der Waals surface area contributed by atoms with E-state index in [1.165, 1.54) is 18.3 Å². The molecule has 4 rings (SSSR count). The smallest absolute Gasteiger partial charge is 0.292 e. The summed E-state index contributed by atoms with van der Waals surface area (Å²) in [5.74, 6) is -0.301. The van der Waals surface area contributed by atoms with Crippen LogP contribution >= 0.6 is 11.6 Å². The molecule has 1 amide bonds. The molecule has 0 aliphatic heterocycles. The molecule has 2 aromatic carbocycles. The predicted octanol–water partition coefficient (Wildman–Crippen LogP) is 3.08. The molecule has 0 saturated heterocycles. The molecule has 4 aromatic rings. The number of halogens is 2. The number of ether oxygens (including phenoxy) is 2. The van der Waals surface area contributed by atoms with Gasteiger partial charge >= 0.3 is 0 Å². The Morgan fingerprint density at radius 1 is 1.28 bits per heavy atom. The molecule has 12 nitrogen and oxygen atoms in total. The number of rotatable bonds is 9. The fourth-order valence-electron chi connectivity index (χ4n) is 3.13. The largest absolute Gasteiger partial charge is 0.490 e. The molecular formula is C22H20ClFN8O4. The number of anilines is 1. The van der Waals surface area contributed by atoms with E-state index in [4.69, 9.17) is 26.8 Å². The lowest BCUT2D eigenvalue weighted by atomic mass is 10.2. The summed E-state index contributed by atoms with van der Waals surface area (Å²) in [6.45, 7) is 3.69. The maximum atomic E-state index is 14.0. The third kappa shape index (κ3) is 5.25. The summed E-state index contributed by atoms with van der Waals surface area (Å²) >= 11 is 6.07. The van der Waals surface area contributed by atoms with Crippen molar-refractivity contribution < 1.29 is 23.3 Å². The van der Waals surface area contributed by atoms with Crippen molar-refractivity contribution in [2.24, 2.45) is 5.10 Å². The van der Waals surface area contributed by atoms with E-state index >= 15 is 0 Å². The second kappa shape index (κ2) is 10.8. The number of hydrogen-bond acceptors (Lipinski definition) is 10. The summed E-state index contributed by atoms with van der Waals surface area (Å²) in [7, 11) is 0. The van der Waals surface area contributed by atoms with E-state index in [-0.39, 0.29) is 34.5 Å². The molecule has 0 bridgehead atoms. The van der Waals surface area contributed by atoms with Gasteiger partial charge in [0.05, 0.1) is 23.5 Å². The Balaban J connectivity index is 1.47. The SMILES string of the molecule is CCOc1cc(/C=N\NC(=O)c2c(C)nnn2-c2nonc2N)ccc1OCc1c(F)cccc1Cl. The van der Waals surface area contributed by atoms with Gasteiger partial charge in [0.1, 0.15) is 12.4 Å². The quantitative estimate of drug-likeness (QED) is 0.253. The van der Waals surface area contributed by atoms with Crippen LogP contribution in [0.25, 0.3) is 5.82 Å². The molecule has 0 fully saturated rings. The van der Waals surface area contributed by atoms with Crippen molar-refractivity contribution in [3.05, 3.63) is 69.8 Å². The van der Waals surface area contributed by atoms with E-state index in [9.17, 15) is 9.18 Å². The number of hydrogen-bond donors (Lipinski definition) is 2. The third-order valence-electron chi connectivity index (χ3n) is 4.83. The van der Waals surface area contributed by atoms with Crippen molar-refractivity contribution in [1.82, 2.24) is 30.7 Å². The van der Waals surface area contributed by atoms with Gasteiger partial charge in [0, 0.05) is 5.56 Å². The van der Waals surface area contributed by atoms with E-state index in [0.29, 0.717) is 29.4 Å². The standard InChI is InChI=1S/C22H20ClFN8O4/c1-3-34-18-9-13(7-8-17(18)35-11-14-15(23)5-4-6-16(14)24)10-26-28-22(33)19-12(2)27-31-32(19)21-20(25)29-36-30-21/h4-10H,3,11H2,1-2H3,(H2,25,29)(H,28,33)/b26-10-. The fourth-order valence-corrected chi connectivity index (χ4v) is 3.35. The first-order valence-electron chi connectivity index (χ1n) is 10.6. The van der Waals surface area contributed by atoms with Gasteiger partial charge in [0.15, 0.2) is 17.2 Å². The molecule has 36 heavy (non-hydrogen) atoms. The number of carbonyl (C=O) groups is 1. The minimum Gasteiger partial charge on any atom is -0.490 e.